The molecule has 174 valence electrons. The van der Waals surface area contributed by atoms with E-state index in [1.165, 1.54) is 5.56 Å². The number of sulfone groups is 1. The van der Waals surface area contributed by atoms with E-state index in [9.17, 15) is 18.5 Å². The molecule has 1 amide bonds. The average molecular weight is 467 g/mol. The molecule has 8 heteroatoms. The number of hydrogen-bond acceptors (Lipinski definition) is 5. The first kappa shape index (κ1) is 22.1. The van der Waals surface area contributed by atoms with Gasteiger partial charge >= 0.3 is 0 Å². The van der Waals surface area contributed by atoms with Crippen LogP contribution in [0, 0.1) is 17.2 Å². The van der Waals surface area contributed by atoms with Crippen molar-refractivity contribution in [2.24, 2.45) is 5.92 Å². The molecule has 1 N–H and O–H groups in total. The highest BCUT2D eigenvalue weighted by atomic mass is 32.2. The first-order valence-corrected chi connectivity index (χ1v) is 13.5. The Morgan fingerprint density at radius 2 is 2.03 bits per heavy atom. The molecule has 1 saturated heterocycles. The van der Waals surface area contributed by atoms with E-state index in [1.54, 1.807) is 6.92 Å². The second kappa shape index (κ2) is 7.42. The summed E-state index contributed by atoms with van der Waals surface area (Å²) in [5.41, 5.74) is 4.32. The number of nitrogens with zero attached hydrogens (tertiary/aromatic N) is 3. The van der Waals surface area contributed by atoms with E-state index in [0.29, 0.717) is 12.8 Å². The maximum Gasteiger partial charge on any atom is 0.223 e. The number of rotatable bonds is 5. The summed E-state index contributed by atoms with van der Waals surface area (Å²) in [6.45, 7) is 5.98. The lowest BCUT2D eigenvalue weighted by Crippen LogP contribution is -2.64. The van der Waals surface area contributed by atoms with E-state index in [4.69, 9.17) is 5.10 Å². The fraction of sp³-hybridized carbons (Fsp3) is 0.560. The Labute approximate surface area is 195 Å². The molecular formula is C25H30N4O3S. The molecule has 1 atom stereocenters. The maximum absolute atomic E-state index is 13.0. The van der Waals surface area contributed by atoms with Crippen molar-refractivity contribution in [3.05, 3.63) is 41.1 Å². The summed E-state index contributed by atoms with van der Waals surface area (Å²) in [6.07, 6.45) is 3.86. The summed E-state index contributed by atoms with van der Waals surface area (Å²) in [7, 11) is -3.02. The summed E-state index contributed by atoms with van der Waals surface area (Å²) in [6, 6.07) is 10.8. The number of aromatic nitrogens is 2. The van der Waals surface area contributed by atoms with Crippen molar-refractivity contribution in [3.63, 3.8) is 0 Å². The molecule has 2 aromatic rings. The Balaban J connectivity index is 1.43. The van der Waals surface area contributed by atoms with Crippen molar-refractivity contribution >= 4 is 15.7 Å². The molecule has 1 aliphatic heterocycles. The summed E-state index contributed by atoms with van der Waals surface area (Å²) in [4.78, 5) is 13.0. The Morgan fingerprint density at radius 1 is 1.30 bits per heavy atom. The lowest BCUT2D eigenvalue weighted by atomic mass is 9.84. The van der Waals surface area contributed by atoms with Crippen LogP contribution in [0.2, 0.25) is 0 Å². The maximum atomic E-state index is 13.0. The molecule has 2 heterocycles. The van der Waals surface area contributed by atoms with Gasteiger partial charge in [-0.2, -0.15) is 10.4 Å². The lowest BCUT2D eigenvalue weighted by molar-refractivity contribution is -0.126. The van der Waals surface area contributed by atoms with Crippen molar-refractivity contribution in [3.8, 4) is 17.3 Å². The molecule has 0 radical (unpaired) electrons. The predicted octanol–water partition coefficient (Wildman–Crippen LogP) is 3.09. The molecule has 0 spiro atoms. The highest BCUT2D eigenvalue weighted by Crippen LogP contribution is 2.48. The first-order valence-electron chi connectivity index (χ1n) is 11.7. The van der Waals surface area contributed by atoms with E-state index in [0.717, 1.165) is 41.8 Å². The van der Waals surface area contributed by atoms with Crippen LogP contribution in [-0.2, 0) is 32.9 Å². The summed E-state index contributed by atoms with van der Waals surface area (Å²) in [5.74, 6) is -0.237. The van der Waals surface area contributed by atoms with Gasteiger partial charge in [-0.3, -0.25) is 9.48 Å². The van der Waals surface area contributed by atoms with E-state index in [-0.39, 0.29) is 34.8 Å². The third-order valence-electron chi connectivity index (χ3n) is 7.32. The van der Waals surface area contributed by atoms with Crippen LogP contribution >= 0.6 is 0 Å². The van der Waals surface area contributed by atoms with Crippen LogP contribution in [-0.4, -0.2) is 41.2 Å². The lowest BCUT2D eigenvalue weighted by Gasteiger charge is -2.39. The van der Waals surface area contributed by atoms with Crippen LogP contribution in [0.4, 0.5) is 0 Å². The highest BCUT2D eigenvalue weighted by Gasteiger charge is 2.47. The summed E-state index contributed by atoms with van der Waals surface area (Å²) >= 11 is 0. The number of nitriles is 1. The topological polar surface area (TPSA) is 105 Å². The fourth-order valence-corrected chi connectivity index (χ4v) is 7.48. The zero-order valence-electron chi connectivity index (χ0n) is 19.4. The van der Waals surface area contributed by atoms with Crippen LogP contribution in [0.1, 0.15) is 62.9 Å². The zero-order valence-corrected chi connectivity index (χ0v) is 20.2. The summed E-state index contributed by atoms with van der Waals surface area (Å²) in [5, 5.41) is 17.6. The van der Waals surface area contributed by atoms with Gasteiger partial charge in [-0.25, -0.2) is 8.42 Å². The Hall–Kier alpha value is -2.66. The van der Waals surface area contributed by atoms with Crippen molar-refractivity contribution in [2.45, 2.75) is 69.9 Å². The van der Waals surface area contributed by atoms with Gasteiger partial charge in [-0.05, 0) is 58.1 Å². The molecule has 33 heavy (non-hydrogen) atoms. The molecule has 1 aromatic heterocycles. The molecule has 0 bridgehead atoms. The third-order valence-corrected chi connectivity index (χ3v) is 9.47. The molecule has 0 unspecified atom stereocenters. The second-order valence-corrected chi connectivity index (χ2v) is 12.7. The van der Waals surface area contributed by atoms with E-state index in [1.807, 2.05) is 16.8 Å². The van der Waals surface area contributed by atoms with Crippen LogP contribution in [0.15, 0.2) is 24.3 Å². The quantitative estimate of drug-likeness (QED) is 0.729. The van der Waals surface area contributed by atoms with Gasteiger partial charge in [0.05, 0.1) is 34.2 Å². The van der Waals surface area contributed by atoms with Gasteiger partial charge in [0.1, 0.15) is 0 Å². The minimum Gasteiger partial charge on any atom is -0.349 e. The van der Waals surface area contributed by atoms with Crippen molar-refractivity contribution in [1.29, 1.82) is 5.26 Å². The van der Waals surface area contributed by atoms with Gasteiger partial charge in [0.15, 0.2) is 9.84 Å². The molecule has 7 nitrogen and oxygen atoms in total. The van der Waals surface area contributed by atoms with Gasteiger partial charge in [-0.1, -0.05) is 18.2 Å². The number of fused-ring (bicyclic) bond motifs is 1. The van der Waals surface area contributed by atoms with Crippen LogP contribution < -0.4 is 5.32 Å². The average Bonchev–Trinajstić information content (AvgIpc) is 3.45. The fourth-order valence-electron chi connectivity index (χ4n) is 5.47. The van der Waals surface area contributed by atoms with Gasteiger partial charge in [0.2, 0.25) is 5.91 Å². The molecule has 3 aliphatic rings. The number of amides is 1. The van der Waals surface area contributed by atoms with Crippen LogP contribution in [0.5, 0.6) is 0 Å². The summed E-state index contributed by atoms with van der Waals surface area (Å²) < 4.78 is 25.2. The van der Waals surface area contributed by atoms with Crippen molar-refractivity contribution in [1.82, 2.24) is 15.1 Å². The van der Waals surface area contributed by atoms with Crippen molar-refractivity contribution in [2.75, 3.05) is 11.5 Å². The monoisotopic (exact) mass is 466 g/mol. The Bertz CT molecular complexity index is 1270. The largest absolute Gasteiger partial charge is 0.349 e. The molecule has 2 aliphatic carbocycles. The standard InChI is InChI=1S/C25H30N4O3S/c1-16(2)29-21-12-18(23(30)27-24(3)14-33(31,32)15-24)7-8-20(21)22(28-29)17-5-4-6-19(11-17)25(13-26)9-10-25/h4-6,11,16,18H,7-10,12,14-15H2,1-3H3,(H,27,30)/t18-/m1/s1. The van der Waals surface area contributed by atoms with E-state index in [2.05, 4.69) is 37.4 Å². The second-order valence-electron chi connectivity index (χ2n) is 10.6. The molecule has 2 fully saturated rings. The number of carbonyl (C=O) groups is 1. The number of nitrogens with one attached hydrogen (secondary N) is 1. The van der Waals surface area contributed by atoms with Gasteiger partial charge in [0.25, 0.3) is 0 Å². The van der Waals surface area contributed by atoms with Crippen LogP contribution in [0.3, 0.4) is 0 Å². The number of carbonyl (C=O) groups excluding carboxylic acids is 1. The first-order chi connectivity index (χ1) is 15.5. The Kier molecular flexibility index (Phi) is 4.98. The molecule has 1 aromatic carbocycles. The third kappa shape index (κ3) is 3.86. The predicted molar refractivity (Wildman–Crippen MR) is 125 cm³/mol. The van der Waals surface area contributed by atoms with Crippen molar-refractivity contribution < 1.29 is 13.2 Å². The smallest absolute Gasteiger partial charge is 0.223 e. The molecular weight excluding hydrogens is 436 g/mol. The zero-order chi connectivity index (χ0) is 23.6. The minimum absolute atomic E-state index is 0.0122. The van der Waals surface area contributed by atoms with Gasteiger partial charge in [-0.15, -0.1) is 0 Å². The van der Waals surface area contributed by atoms with Gasteiger partial charge < -0.3 is 5.32 Å². The van der Waals surface area contributed by atoms with E-state index >= 15 is 0 Å². The number of benzene rings is 1. The van der Waals surface area contributed by atoms with Gasteiger partial charge in [0, 0.05) is 35.2 Å². The van der Waals surface area contributed by atoms with E-state index < -0.39 is 15.4 Å². The Morgan fingerprint density at radius 3 is 2.64 bits per heavy atom. The SMILES string of the molecule is CC(C)n1nc(-c2cccc(C3(C#N)CC3)c2)c2c1C[C@H](C(=O)NC1(C)CS(=O)(=O)C1)CC2. The minimum atomic E-state index is -3.02. The molecule has 1 saturated carbocycles. The highest BCUT2D eigenvalue weighted by molar-refractivity contribution is 7.93. The molecule has 5 rings (SSSR count). The number of hydrogen-bond donors (Lipinski definition) is 1. The van der Waals surface area contributed by atoms with Crippen LogP contribution in [0.25, 0.3) is 11.3 Å². The normalized spacial score (nSPS) is 23.8.